The number of fused-ring (bicyclic) bond motifs is 1. The van der Waals surface area contributed by atoms with E-state index in [1.54, 1.807) is 0 Å². The molecule has 98 valence electrons. The van der Waals surface area contributed by atoms with Crippen LogP contribution >= 0.6 is 0 Å². The highest BCUT2D eigenvalue weighted by molar-refractivity contribution is 5.56. The Morgan fingerprint density at radius 3 is 2.53 bits per heavy atom. The van der Waals surface area contributed by atoms with Crippen molar-refractivity contribution in [3.63, 3.8) is 0 Å². The van der Waals surface area contributed by atoms with Crippen LogP contribution in [0.1, 0.15) is 11.1 Å². The largest absolute Gasteiger partial charge is 0.396 e. The van der Waals surface area contributed by atoms with Gasteiger partial charge in [0.1, 0.15) is 0 Å². The molecular formula is C17H19NO. The number of nitrogens with one attached hydrogen (secondary N) is 1. The van der Waals surface area contributed by atoms with E-state index in [2.05, 4.69) is 53.8 Å². The van der Waals surface area contributed by atoms with E-state index >= 15 is 0 Å². The first-order valence-electron chi connectivity index (χ1n) is 6.86. The lowest BCUT2D eigenvalue weighted by atomic mass is 9.91. The fraction of sp³-hybridized carbons (Fsp3) is 0.294. The smallest absolute Gasteiger partial charge is 0.0482 e. The maximum absolute atomic E-state index is 9.69. The molecule has 2 atom stereocenters. The molecule has 2 aromatic carbocycles. The molecule has 0 spiro atoms. The summed E-state index contributed by atoms with van der Waals surface area (Å²) in [5.74, 6) is 0.259. The van der Waals surface area contributed by atoms with Gasteiger partial charge in [-0.3, -0.25) is 0 Å². The Bertz CT molecular complexity index is 513. The minimum atomic E-state index is 0.223. The summed E-state index contributed by atoms with van der Waals surface area (Å²) in [4.78, 5) is 0. The fourth-order valence-corrected chi connectivity index (χ4v) is 2.86. The number of para-hydroxylation sites is 1. The molecule has 0 aromatic heterocycles. The lowest BCUT2D eigenvalue weighted by molar-refractivity contribution is 0.210. The minimum absolute atomic E-state index is 0.223. The van der Waals surface area contributed by atoms with E-state index in [1.807, 2.05) is 6.07 Å². The van der Waals surface area contributed by atoms with Crippen LogP contribution in [0.4, 0.5) is 5.69 Å². The third kappa shape index (κ3) is 2.64. The van der Waals surface area contributed by atoms with Gasteiger partial charge in [0.25, 0.3) is 0 Å². The van der Waals surface area contributed by atoms with Crippen LogP contribution in [0.15, 0.2) is 54.6 Å². The average Bonchev–Trinajstić information content (AvgIpc) is 2.89. The zero-order valence-electron chi connectivity index (χ0n) is 10.9. The van der Waals surface area contributed by atoms with Crippen LogP contribution in [0.3, 0.4) is 0 Å². The molecule has 0 amide bonds. The number of hydrogen-bond acceptors (Lipinski definition) is 2. The van der Waals surface area contributed by atoms with Crippen LogP contribution in [0, 0.1) is 5.92 Å². The Hall–Kier alpha value is -1.80. The molecule has 2 heteroatoms. The molecule has 0 bridgehead atoms. The fourth-order valence-electron chi connectivity index (χ4n) is 2.86. The van der Waals surface area contributed by atoms with Crippen LogP contribution in [-0.2, 0) is 12.8 Å². The Labute approximate surface area is 114 Å². The summed E-state index contributed by atoms with van der Waals surface area (Å²) in [6.45, 7) is 0.223. The molecule has 3 rings (SSSR count). The van der Waals surface area contributed by atoms with E-state index in [9.17, 15) is 5.11 Å². The first-order chi connectivity index (χ1) is 9.36. The highest BCUT2D eigenvalue weighted by Gasteiger charge is 2.27. The standard InChI is InChI=1S/C17H19NO/c19-12-15(10-13-6-2-1-3-7-13)17-11-14-8-4-5-9-16(14)18-17/h1-9,15,17-19H,10-12H2. The molecule has 2 nitrogen and oxygen atoms in total. The van der Waals surface area contributed by atoms with Crippen LogP contribution in [-0.4, -0.2) is 17.8 Å². The van der Waals surface area contributed by atoms with Crippen LogP contribution in [0.25, 0.3) is 0 Å². The van der Waals surface area contributed by atoms with E-state index in [4.69, 9.17) is 0 Å². The van der Waals surface area contributed by atoms with Gasteiger partial charge in [-0.2, -0.15) is 0 Å². The maximum atomic E-state index is 9.69. The molecule has 2 aromatic rings. The molecular weight excluding hydrogens is 234 g/mol. The van der Waals surface area contributed by atoms with Crippen molar-refractivity contribution in [1.82, 2.24) is 0 Å². The molecule has 1 heterocycles. The molecule has 0 radical (unpaired) electrons. The number of aliphatic hydroxyl groups is 1. The van der Waals surface area contributed by atoms with E-state index in [0.29, 0.717) is 6.04 Å². The number of benzene rings is 2. The van der Waals surface area contributed by atoms with Crippen LogP contribution in [0.2, 0.25) is 0 Å². The van der Waals surface area contributed by atoms with E-state index in [0.717, 1.165) is 12.8 Å². The highest BCUT2D eigenvalue weighted by atomic mass is 16.3. The van der Waals surface area contributed by atoms with Crippen molar-refractivity contribution in [3.05, 3.63) is 65.7 Å². The van der Waals surface area contributed by atoms with Crippen molar-refractivity contribution in [2.24, 2.45) is 5.92 Å². The number of aliphatic hydroxyl groups excluding tert-OH is 1. The molecule has 19 heavy (non-hydrogen) atoms. The van der Waals surface area contributed by atoms with Crippen molar-refractivity contribution >= 4 is 5.69 Å². The predicted octanol–water partition coefficient (Wildman–Crippen LogP) is 2.87. The topological polar surface area (TPSA) is 32.3 Å². The Morgan fingerprint density at radius 2 is 1.79 bits per heavy atom. The van der Waals surface area contributed by atoms with Crippen molar-refractivity contribution in [2.45, 2.75) is 18.9 Å². The van der Waals surface area contributed by atoms with Gasteiger partial charge in [0.05, 0.1) is 0 Å². The predicted molar refractivity (Wildman–Crippen MR) is 78.3 cm³/mol. The first kappa shape index (κ1) is 12.2. The summed E-state index contributed by atoms with van der Waals surface area (Å²) in [5.41, 5.74) is 3.87. The third-order valence-corrected chi connectivity index (χ3v) is 3.94. The molecule has 2 N–H and O–H groups in total. The average molecular weight is 253 g/mol. The van der Waals surface area contributed by atoms with Gasteiger partial charge < -0.3 is 10.4 Å². The lowest BCUT2D eigenvalue weighted by Gasteiger charge is -2.22. The second-order valence-electron chi connectivity index (χ2n) is 5.24. The summed E-state index contributed by atoms with van der Waals surface area (Å²) < 4.78 is 0. The van der Waals surface area contributed by atoms with Gasteiger partial charge in [0, 0.05) is 24.3 Å². The van der Waals surface area contributed by atoms with Crippen molar-refractivity contribution in [1.29, 1.82) is 0 Å². The molecule has 0 saturated carbocycles. The molecule has 0 fully saturated rings. The van der Waals surface area contributed by atoms with Gasteiger partial charge in [0.2, 0.25) is 0 Å². The summed E-state index contributed by atoms with van der Waals surface area (Å²) in [7, 11) is 0. The quantitative estimate of drug-likeness (QED) is 0.878. The molecule has 0 saturated heterocycles. The summed E-state index contributed by atoms with van der Waals surface area (Å²) in [6.07, 6.45) is 1.93. The van der Waals surface area contributed by atoms with Gasteiger partial charge in [-0.05, 0) is 30.0 Å². The second-order valence-corrected chi connectivity index (χ2v) is 5.24. The van der Waals surface area contributed by atoms with Gasteiger partial charge in [-0.25, -0.2) is 0 Å². The van der Waals surface area contributed by atoms with Crippen LogP contribution < -0.4 is 5.32 Å². The molecule has 0 aliphatic carbocycles. The Kier molecular flexibility index (Phi) is 3.51. The van der Waals surface area contributed by atoms with Crippen molar-refractivity contribution in [3.8, 4) is 0 Å². The molecule has 2 unspecified atom stereocenters. The van der Waals surface area contributed by atoms with E-state index in [-0.39, 0.29) is 12.5 Å². The number of hydrogen-bond donors (Lipinski definition) is 2. The summed E-state index contributed by atoms with van der Waals surface area (Å²) in [6, 6.07) is 19.2. The highest BCUT2D eigenvalue weighted by Crippen LogP contribution is 2.29. The van der Waals surface area contributed by atoms with E-state index in [1.165, 1.54) is 16.8 Å². The van der Waals surface area contributed by atoms with Gasteiger partial charge in [-0.1, -0.05) is 48.5 Å². The SMILES string of the molecule is OCC(Cc1ccccc1)C1Cc2ccccc2N1. The second kappa shape index (κ2) is 5.45. The van der Waals surface area contributed by atoms with Crippen molar-refractivity contribution < 1.29 is 5.11 Å². The zero-order chi connectivity index (χ0) is 13.1. The molecule has 1 aliphatic heterocycles. The minimum Gasteiger partial charge on any atom is -0.396 e. The first-order valence-corrected chi connectivity index (χ1v) is 6.86. The zero-order valence-corrected chi connectivity index (χ0v) is 10.9. The summed E-state index contributed by atoms with van der Waals surface area (Å²) >= 11 is 0. The van der Waals surface area contributed by atoms with Gasteiger partial charge >= 0.3 is 0 Å². The monoisotopic (exact) mass is 253 g/mol. The van der Waals surface area contributed by atoms with Crippen molar-refractivity contribution in [2.75, 3.05) is 11.9 Å². The summed E-state index contributed by atoms with van der Waals surface area (Å²) in [5, 5.41) is 13.2. The third-order valence-electron chi connectivity index (χ3n) is 3.94. The van der Waals surface area contributed by atoms with Gasteiger partial charge in [-0.15, -0.1) is 0 Å². The maximum Gasteiger partial charge on any atom is 0.0482 e. The molecule has 1 aliphatic rings. The normalized spacial score (nSPS) is 18.7. The Balaban J connectivity index is 1.71. The number of rotatable bonds is 4. The van der Waals surface area contributed by atoms with Gasteiger partial charge in [0.15, 0.2) is 0 Å². The van der Waals surface area contributed by atoms with Crippen LogP contribution in [0.5, 0.6) is 0 Å². The lowest BCUT2D eigenvalue weighted by Crippen LogP contribution is -2.31. The number of anilines is 1. The Morgan fingerprint density at radius 1 is 1.05 bits per heavy atom. The van der Waals surface area contributed by atoms with E-state index < -0.39 is 0 Å².